The van der Waals surface area contributed by atoms with E-state index in [0.717, 1.165) is 19.3 Å². The molecule has 0 radical (unpaired) electrons. The fourth-order valence-electron chi connectivity index (χ4n) is 3.63. The molecule has 4 heteroatoms. The summed E-state index contributed by atoms with van der Waals surface area (Å²) >= 11 is 0. The highest BCUT2D eigenvalue weighted by Gasteiger charge is 2.41. The van der Waals surface area contributed by atoms with Crippen LogP contribution in [0.25, 0.3) is 5.57 Å². The van der Waals surface area contributed by atoms with Gasteiger partial charge in [-0.1, -0.05) is 18.2 Å². The van der Waals surface area contributed by atoms with Gasteiger partial charge in [0.25, 0.3) is 0 Å². The van der Waals surface area contributed by atoms with Crippen LogP contribution in [-0.4, -0.2) is 42.8 Å². The van der Waals surface area contributed by atoms with E-state index in [2.05, 4.69) is 49.3 Å². The van der Waals surface area contributed by atoms with Crippen molar-refractivity contribution in [3.8, 4) is 0 Å². The molecule has 1 aromatic carbocycles. The molecule has 0 N–H and O–H groups in total. The van der Waals surface area contributed by atoms with E-state index in [1.807, 2.05) is 25.7 Å². The summed E-state index contributed by atoms with van der Waals surface area (Å²) in [7, 11) is 4.12. The van der Waals surface area contributed by atoms with Crippen LogP contribution in [0, 0.1) is 0 Å². The third-order valence-electron chi connectivity index (χ3n) is 4.73. The number of anilines is 1. The van der Waals surface area contributed by atoms with Crippen molar-refractivity contribution in [1.82, 2.24) is 4.90 Å². The van der Waals surface area contributed by atoms with E-state index < -0.39 is 5.60 Å². The van der Waals surface area contributed by atoms with Crippen molar-refractivity contribution < 1.29 is 9.53 Å². The van der Waals surface area contributed by atoms with Crippen LogP contribution in [0.3, 0.4) is 0 Å². The number of rotatable bonds is 2. The second kappa shape index (κ2) is 6.15. The van der Waals surface area contributed by atoms with Crippen molar-refractivity contribution in [2.45, 2.75) is 57.7 Å². The number of carbonyl (C=O) groups is 1. The van der Waals surface area contributed by atoms with Gasteiger partial charge in [0.15, 0.2) is 0 Å². The Balaban J connectivity index is 1.82. The normalized spacial score (nSPS) is 23.0. The van der Waals surface area contributed by atoms with Crippen LogP contribution in [0.1, 0.15) is 45.6 Å². The van der Waals surface area contributed by atoms with E-state index >= 15 is 0 Å². The zero-order chi connectivity index (χ0) is 17.5. The lowest BCUT2D eigenvalue weighted by Crippen LogP contribution is -2.45. The Morgan fingerprint density at radius 3 is 2.62 bits per heavy atom. The lowest BCUT2D eigenvalue weighted by molar-refractivity contribution is 0.0175. The molecule has 0 aliphatic carbocycles. The van der Waals surface area contributed by atoms with E-state index in [1.54, 1.807) is 0 Å². The highest BCUT2D eigenvalue weighted by molar-refractivity contribution is 5.76. The van der Waals surface area contributed by atoms with Gasteiger partial charge in [-0.15, -0.1) is 0 Å². The number of ether oxygens (including phenoxy) is 1. The van der Waals surface area contributed by atoms with Crippen LogP contribution >= 0.6 is 0 Å². The van der Waals surface area contributed by atoms with Gasteiger partial charge in [0.05, 0.1) is 6.04 Å². The van der Waals surface area contributed by atoms with Gasteiger partial charge in [0, 0.05) is 25.8 Å². The topological polar surface area (TPSA) is 32.8 Å². The Kier molecular flexibility index (Phi) is 4.33. The second-order valence-electron chi connectivity index (χ2n) is 8.03. The third kappa shape index (κ3) is 3.42. The van der Waals surface area contributed by atoms with Crippen LogP contribution in [-0.2, 0) is 4.74 Å². The highest BCUT2D eigenvalue weighted by Crippen LogP contribution is 2.39. The molecule has 1 fully saturated rings. The largest absolute Gasteiger partial charge is 0.444 e. The molecule has 2 heterocycles. The lowest BCUT2D eigenvalue weighted by Gasteiger charge is -2.35. The average molecular weight is 328 g/mol. The maximum Gasteiger partial charge on any atom is 0.411 e. The maximum atomic E-state index is 12.5. The van der Waals surface area contributed by atoms with Crippen LogP contribution in [0.15, 0.2) is 30.3 Å². The van der Waals surface area contributed by atoms with Gasteiger partial charge < -0.3 is 9.64 Å². The van der Waals surface area contributed by atoms with Gasteiger partial charge in [0.1, 0.15) is 5.60 Å². The Morgan fingerprint density at radius 2 is 2.00 bits per heavy atom. The first-order chi connectivity index (χ1) is 11.2. The standard InChI is InChI=1S/C20H28N2O2/c1-20(2,3)24-19(23)22-17-9-10-18(22)13-15(12-17)14-7-6-8-16(11-14)21(4)5/h6-8,11-12,17-18H,9-10,13H2,1-5H3. The molecule has 0 aromatic heterocycles. The zero-order valence-corrected chi connectivity index (χ0v) is 15.4. The molecule has 3 rings (SSSR count). The number of hydrogen-bond donors (Lipinski definition) is 0. The molecule has 0 spiro atoms. The first-order valence-electron chi connectivity index (χ1n) is 8.74. The SMILES string of the molecule is CN(C)c1cccc(C2=CC3CCC(C2)N3C(=O)OC(C)(C)C)c1. The van der Waals surface area contributed by atoms with E-state index in [9.17, 15) is 4.79 Å². The van der Waals surface area contributed by atoms with Crippen LogP contribution < -0.4 is 4.90 Å². The quantitative estimate of drug-likeness (QED) is 0.811. The van der Waals surface area contributed by atoms with Crippen LogP contribution in [0.5, 0.6) is 0 Å². The number of carbonyl (C=O) groups excluding carboxylic acids is 1. The summed E-state index contributed by atoms with van der Waals surface area (Å²) in [5.74, 6) is 0. The van der Waals surface area contributed by atoms with Crippen LogP contribution in [0.4, 0.5) is 10.5 Å². The first kappa shape index (κ1) is 16.9. The molecule has 2 aliphatic heterocycles. The minimum atomic E-state index is -0.444. The molecule has 1 aromatic rings. The van der Waals surface area contributed by atoms with E-state index in [0.29, 0.717) is 0 Å². The first-order valence-corrected chi connectivity index (χ1v) is 8.74. The summed E-state index contributed by atoms with van der Waals surface area (Å²) in [4.78, 5) is 16.6. The second-order valence-corrected chi connectivity index (χ2v) is 8.03. The predicted octanol–water partition coefficient (Wildman–Crippen LogP) is 4.31. The Morgan fingerprint density at radius 1 is 1.25 bits per heavy atom. The molecule has 2 unspecified atom stereocenters. The molecule has 1 saturated heterocycles. The van der Waals surface area contributed by atoms with Gasteiger partial charge >= 0.3 is 6.09 Å². The van der Waals surface area contributed by atoms with Gasteiger partial charge in [-0.25, -0.2) is 4.79 Å². The monoisotopic (exact) mass is 328 g/mol. The molecular formula is C20H28N2O2. The minimum Gasteiger partial charge on any atom is -0.444 e. The minimum absolute atomic E-state index is 0.164. The molecule has 24 heavy (non-hydrogen) atoms. The molecule has 4 nitrogen and oxygen atoms in total. The summed E-state index contributed by atoms with van der Waals surface area (Å²) in [5, 5.41) is 0. The molecule has 2 bridgehead atoms. The van der Waals surface area contributed by atoms with Crippen molar-refractivity contribution in [2.75, 3.05) is 19.0 Å². The average Bonchev–Trinajstić information content (AvgIpc) is 2.76. The molecule has 1 amide bonds. The number of hydrogen-bond acceptors (Lipinski definition) is 3. The smallest absolute Gasteiger partial charge is 0.411 e. The molecule has 2 aliphatic rings. The zero-order valence-electron chi connectivity index (χ0n) is 15.4. The molecule has 2 atom stereocenters. The highest BCUT2D eigenvalue weighted by atomic mass is 16.6. The summed E-state index contributed by atoms with van der Waals surface area (Å²) in [6.45, 7) is 5.76. The number of fused-ring (bicyclic) bond motifs is 2. The van der Waals surface area contributed by atoms with Crippen molar-refractivity contribution >= 4 is 17.4 Å². The van der Waals surface area contributed by atoms with E-state index in [1.165, 1.54) is 16.8 Å². The summed E-state index contributed by atoms with van der Waals surface area (Å²) in [6, 6.07) is 9.04. The maximum absolute atomic E-state index is 12.5. The number of amides is 1. The van der Waals surface area contributed by atoms with Crippen molar-refractivity contribution in [3.63, 3.8) is 0 Å². The molecular weight excluding hydrogens is 300 g/mol. The molecule has 130 valence electrons. The van der Waals surface area contributed by atoms with Crippen molar-refractivity contribution in [1.29, 1.82) is 0 Å². The fourth-order valence-corrected chi connectivity index (χ4v) is 3.63. The Bertz CT molecular complexity index is 658. The van der Waals surface area contributed by atoms with Crippen molar-refractivity contribution in [3.05, 3.63) is 35.9 Å². The summed E-state index contributed by atoms with van der Waals surface area (Å²) in [5.41, 5.74) is 3.38. The molecule has 0 saturated carbocycles. The fraction of sp³-hybridized carbons (Fsp3) is 0.550. The lowest BCUT2D eigenvalue weighted by atomic mass is 9.94. The van der Waals surface area contributed by atoms with E-state index in [-0.39, 0.29) is 18.2 Å². The number of benzene rings is 1. The van der Waals surface area contributed by atoms with Gasteiger partial charge in [-0.2, -0.15) is 0 Å². The van der Waals surface area contributed by atoms with Gasteiger partial charge in [-0.3, -0.25) is 4.90 Å². The summed E-state index contributed by atoms with van der Waals surface area (Å²) in [6.07, 6.45) is 5.08. The van der Waals surface area contributed by atoms with Crippen LogP contribution in [0.2, 0.25) is 0 Å². The number of nitrogens with zero attached hydrogens (tertiary/aromatic N) is 2. The Hall–Kier alpha value is -1.97. The van der Waals surface area contributed by atoms with Gasteiger partial charge in [-0.05, 0) is 63.3 Å². The summed E-state index contributed by atoms with van der Waals surface area (Å²) < 4.78 is 5.60. The third-order valence-corrected chi connectivity index (χ3v) is 4.73. The van der Waals surface area contributed by atoms with Crippen molar-refractivity contribution in [2.24, 2.45) is 0 Å². The van der Waals surface area contributed by atoms with Gasteiger partial charge in [0.2, 0.25) is 0 Å². The Labute approximate surface area is 145 Å². The predicted molar refractivity (Wildman–Crippen MR) is 98.2 cm³/mol. The van der Waals surface area contributed by atoms with E-state index in [4.69, 9.17) is 4.74 Å².